The first kappa shape index (κ1) is 11.7. The summed E-state index contributed by atoms with van der Waals surface area (Å²) in [6.45, 7) is 10.3. The van der Waals surface area contributed by atoms with Crippen LogP contribution in [0.15, 0.2) is 43.1 Å². The van der Waals surface area contributed by atoms with Crippen molar-refractivity contribution in [3.05, 3.63) is 48.8 Å². The zero-order valence-electron chi connectivity index (χ0n) is 9.83. The van der Waals surface area contributed by atoms with E-state index in [0.29, 0.717) is 0 Å². The quantitative estimate of drug-likeness (QED) is 0.669. The fourth-order valence-corrected chi connectivity index (χ4v) is 1.69. The van der Waals surface area contributed by atoms with Gasteiger partial charge in [-0.2, -0.15) is 0 Å². The minimum Gasteiger partial charge on any atom is -0.257 e. The maximum absolute atomic E-state index is 4.33. The third-order valence-electron chi connectivity index (χ3n) is 2.35. The maximum Gasteiger partial charge on any atom is 0.0655 e. The van der Waals surface area contributed by atoms with E-state index < -0.39 is 0 Å². The van der Waals surface area contributed by atoms with Crippen LogP contribution in [0.3, 0.4) is 0 Å². The van der Waals surface area contributed by atoms with Gasteiger partial charge in [-0.1, -0.05) is 32.1 Å². The third kappa shape index (κ3) is 3.70. The molecule has 0 aliphatic heterocycles. The average Bonchev–Trinajstić information content (AvgIpc) is 2.18. The van der Waals surface area contributed by atoms with Gasteiger partial charge in [-0.15, -0.1) is 6.58 Å². The summed E-state index contributed by atoms with van der Waals surface area (Å²) in [5, 5.41) is 0. The summed E-state index contributed by atoms with van der Waals surface area (Å²) in [7, 11) is 0. The van der Waals surface area contributed by atoms with Gasteiger partial charge in [0.25, 0.3) is 0 Å². The molecule has 15 heavy (non-hydrogen) atoms. The SMILES string of the molecule is C=CCC(C)(C)/C=C(\C)c1ccccn1. The summed E-state index contributed by atoms with van der Waals surface area (Å²) < 4.78 is 0. The minimum atomic E-state index is 0.156. The van der Waals surface area contributed by atoms with Crippen LogP contribution in [0.25, 0.3) is 5.57 Å². The Kier molecular flexibility index (Phi) is 3.84. The van der Waals surface area contributed by atoms with E-state index in [1.807, 2.05) is 30.5 Å². The summed E-state index contributed by atoms with van der Waals surface area (Å²) in [6.07, 6.45) is 7.03. The van der Waals surface area contributed by atoms with E-state index in [0.717, 1.165) is 12.1 Å². The van der Waals surface area contributed by atoms with Gasteiger partial charge in [0, 0.05) is 6.20 Å². The molecular formula is C14H19N. The van der Waals surface area contributed by atoms with Gasteiger partial charge in [-0.05, 0) is 36.5 Å². The summed E-state index contributed by atoms with van der Waals surface area (Å²) >= 11 is 0. The Hall–Kier alpha value is -1.37. The van der Waals surface area contributed by atoms with Crippen molar-refractivity contribution in [2.24, 2.45) is 5.41 Å². The second-order valence-corrected chi connectivity index (χ2v) is 4.52. The number of rotatable bonds is 4. The molecule has 0 N–H and O–H groups in total. The Morgan fingerprint density at radius 1 is 1.47 bits per heavy atom. The lowest BCUT2D eigenvalue weighted by atomic mass is 9.87. The molecular weight excluding hydrogens is 182 g/mol. The number of allylic oxidation sites excluding steroid dienone is 3. The molecule has 0 atom stereocenters. The van der Waals surface area contributed by atoms with Gasteiger partial charge < -0.3 is 0 Å². The topological polar surface area (TPSA) is 12.9 Å². The average molecular weight is 201 g/mol. The standard InChI is InChI=1S/C14H19N/c1-5-9-14(3,4)11-12(2)13-8-6-7-10-15-13/h5-8,10-11H,1,9H2,2-4H3/b12-11+. The maximum atomic E-state index is 4.33. The lowest BCUT2D eigenvalue weighted by Crippen LogP contribution is -2.06. The van der Waals surface area contributed by atoms with Crippen molar-refractivity contribution in [2.45, 2.75) is 27.2 Å². The van der Waals surface area contributed by atoms with Crippen LogP contribution in [-0.4, -0.2) is 4.98 Å². The highest BCUT2D eigenvalue weighted by Crippen LogP contribution is 2.26. The molecule has 0 amide bonds. The highest BCUT2D eigenvalue weighted by molar-refractivity contribution is 5.60. The first-order valence-corrected chi connectivity index (χ1v) is 5.27. The first-order chi connectivity index (χ1) is 7.05. The number of aromatic nitrogens is 1. The smallest absolute Gasteiger partial charge is 0.0655 e. The molecule has 0 aliphatic carbocycles. The van der Waals surface area contributed by atoms with Gasteiger partial charge in [-0.3, -0.25) is 4.98 Å². The predicted molar refractivity (Wildman–Crippen MR) is 66.5 cm³/mol. The minimum absolute atomic E-state index is 0.156. The number of hydrogen-bond donors (Lipinski definition) is 0. The largest absolute Gasteiger partial charge is 0.257 e. The van der Waals surface area contributed by atoms with Crippen molar-refractivity contribution in [3.63, 3.8) is 0 Å². The lowest BCUT2D eigenvalue weighted by Gasteiger charge is -2.19. The van der Waals surface area contributed by atoms with Crippen LogP contribution in [0.5, 0.6) is 0 Å². The van der Waals surface area contributed by atoms with Crippen LogP contribution < -0.4 is 0 Å². The molecule has 0 aromatic carbocycles. The second kappa shape index (κ2) is 4.92. The van der Waals surface area contributed by atoms with Gasteiger partial charge in [0.1, 0.15) is 0 Å². The zero-order chi connectivity index (χ0) is 11.3. The Morgan fingerprint density at radius 3 is 2.73 bits per heavy atom. The van der Waals surface area contributed by atoms with Crippen LogP contribution in [-0.2, 0) is 0 Å². The summed E-state index contributed by atoms with van der Waals surface area (Å²) in [6, 6.07) is 5.99. The van der Waals surface area contributed by atoms with Crippen molar-refractivity contribution in [2.75, 3.05) is 0 Å². The van der Waals surface area contributed by atoms with Crippen LogP contribution in [0.4, 0.5) is 0 Å². The fourth-order valence-electron chi connectivity index (χ4n) is 1.69. The van der Waals surface area contributed by atoms with Crippen LogP contribution >= 0.6 is 0 Å². The molecule has 0 aliphatic rings. The van der Waals surface area contributed by atoms with Crippen LogP contribution in [0, 0.1) is 5.41 Å². The molecule has 0 saturated heterocycles. The molecule has 0 saturated carbocycles. The van der Waals surface area contributed by atoms with Gasteiger partial charge >= 0.3 is 0 Å². The molecule has 0 bridgehead atoms. The van der Waals surface area contributed by atoms with Crippen molar-refractivity contribution in [1.29, 1.82) is 0 Å². The van der Waals surface area contributed by atoms with E-state index in [1.165, 1.54) is 5.57 Å². The number of nitrogens with zero attached hydrogens (tertiary/aromatic N) is 1. The highest BCUT2D eigenvalue weighted by atomic mass is 14.7. The van der Waals surface area contributed by atoms with E-state index >= 15 is 0 Å². The summed E-state index contributed by atoms with van der Waals surface area (Å²) in [5.74, 6) is 0. The third-order valence-corrected chi connectivity index (χ3v) is 2.35. The Morgan fingerprint density at radius 2 is 2.20 bits per heavy atom. The molecule has 80 valence electrons. The molecule has 0 radical (unpaired) electrons. The number of pyridine rings is 1. The molecule has 1 heterocycles. The van der Waals surface area contributed by atoms with E-state index in [-0.39, 0.29) is 5.41 Å². The van der Waals surface area contributed by atoms with Gasteiger partial charge in [0.05, 0.1) is 5.69 Å². The lowest BCUT2D eigenvalue weighted by molar-refractivity contribution is 0.490. The molecule has 1 aromatic heterocycles. The van der Waals surface area contributed by atoms with Gasteiger partial charge in [-0.25, -0.2) is 0 Å². The highest BCUT2D eigenvalue weighted by Gasteiger charge is 2.13. The molecule has 1 aromatic rings. The van der Waals surface area contributed by atoms with Crippen LogP contribution in [0.2, 0.25) is 0 Å². The first-order valence-electron chi connectivity index (χ1n) is 5.27. The monoisotopic (exact) mass is 201 g/mol. The molecule has 0 spiro atoms. The molecule has 1 nitrogen and oxygen atoms in total. The Labute approximate surface area is 92.6 Å². The normalized spacial score (nSPS) is 12.6. The van der Waals surface area contributed by atoms with E-state index in [2.05, 4.69) is 38.4 Å². The van der Waals surface area contributed by atoms with Crippen molar-refractivity contribution in [3.8, 4) is 0 Å². The molecule has 1 rings (SSSR count). The zero-order valence-corrected chi connectivity index (χ0v) is 9.83. The molecule has 0 unspecified atom stereocenters. The van der Waals surface area contributed by atoms with Gasteiger partial charge in [0.2, 0.25) is 0 Å². The summed E-state index contributed by atoms with van der Waals surface area (Å²) in [5.41, 5.74) is 2.43. The molecule has 1 heteroatoms. The van der Waals surface area contributed by atoms with E-state index in [1.54, 1.807) is 0 Å². The summed E-state index contributed by atoms with van der Waals surface area (Å²) in [4.78, 5) is 4.33. The Balaban J connectivity index is 2.89. The Bertz CT molecular complexity index is 347. The predicted octanol–water partition coefficient (Wildman–Crippen LogP) is 4.09. The van der Waals surface area contributed by atoms with Crippen molar-refractivity contribution in [1.82, 2.24) is 4.98 Å². The van der Waals surface area contributed by atoms with Crippen LogP contribution in [0.1, 0.15) is 32.9 Å². The second-order valence-electron chi connectivity index (χ2n) is 4.52. The van der Waals surface area contributed by atoms with E-state index in [9.17, 15) is 0 Å². The van der Waals surface area contributed by atoms with Crippen molar-refractivity contribution < 1.29 is 0 Å². The van der Waals surface area contributed by atoms with Gasteiger partial charge in [0.15, 0.2) is 0 Å². The number of hydrogen-bond acceptors (Lipinski definition) is 1. The molecule has 0 fully saturated rings. The van der Waals surface area contributed by atoms with E-state index in [4.69, 9.17) is 0 Å². The van der Waals surface area contributed by atoms with Crippen molar-refractivity contribution >= 4 is 5.57 Å². The fraction of sp³-hybridized carbons (Fsp3) is 0.357.